The summed E-state index contributed by atoms with van der Waals surface area (Å²) >= 11 is 1.51. The number of fused-ring (bicyclic) bond motifs is 9. The number of cyclic esters (lactones) is 1. The first-order valence-corrected chi connectivity index (χ1v) is 23.8. The van der Waals surface area contributed by atoms with Crippen molar-refractivity contribution in [2.45, 2.75) is 103 Å². The van der Waals surface area contributed by atoms with Crippen LogP contribution in [0.2, 0.25) is 0 Å². The third-order valence-electron chi connectivity index (χ3n) is 15.1. The molecule has 2 amide bonds. The molecule has 10 rings (SSSR count). The quantitative estimate of drug-likeness (QED) is 0.199. The van der Waals surface area contributed by atoms with Gasteiger partial charge in [0.15, 0.2) is 0 Å². The van der Waals surface area contributed by atoms with E-state index in [1.54, 1.807) is 7.11 Å². The fourth-order valence-electron chi connectivity index (χ4n) is 11.1. The molecular weight excluding hydrogens is 813 g/mol. The number of thiazole rings is 1. The van der Waals surface area contributed by atoms with E-state index in [2.05, 4.69) is 102 Å². The van der Waals surface area contributed by atoms with Crippen LogP contribution in [0.25, 0.3) is 33.4 Å². The minimum absolute atomic E-state index is 0.110. The van der Waals surface area contributed by atoms with Crippen LogP contribution in [-0.2, 0) is 43.2 Å². The molecule has 2 unspecified atom stereocenters. The molecule has 14 heteroatoms. The lowest BCUT2D eigenvalue weighted by Crippen LogP contribution is -2.60. The number of hydrazine groups is 1. The summed E-state index contributed by atoms with van der Waals surface area (Å²) < 4.78 is 15.3. The topological polar surface area (TPSA) is 134 Å². The van der Waals surface area contributed by atoms with Crippen molar-refractivity contribution in [2.24, 2.45) is 23.2 Å². The van der Waals surface area contributed by atoms with Crippen LogP contribution < -0.4 is 10.7 Å². The second-order valence-electron chi connectivity index (χ2n) is 19.7. The van der Waals surface area contributed by atoms with E-state index in [4.69, 9.17) is 19.4 Å². The monoisotopic (exact) mass is 872 g/mol. The molecule has 7 heterocycles. The first-order chi connectivity index (χ1) is 30.3. The van der Waals surface area contributed by atoms with E-state index in [0.717, 1.165) is 89.7 Å². The summed E-state index contributed by atoms with van der Waals surface area (Å²) in [6.45, 7) is 16.1. The van der Waals surface area contributed by atoms with Gasteiger partial charge < -0.3 is 24.3 Å². The van der Waals surface area contributed by atoms with Gasteiger partial charge in [0.1, 0.15) is 18.2 Å². The van der Waals surface area contributed by atoms with Crippen molar-refractivity contribution < 1.29 is 23.9 Å². The highest BCUT2D eigenvalue weighted by Crippen LogP contribution is 2.58. The smallest absolute Gasteiger partial charge is 0.324 e. The normalized spacial score (nSPS) is 28.6. The molecule has 6 aliphatic rings. The van der Waals surface area contributed by atoms with E-state index < -0.39 is 29.6 Å². The molecule has 2 N–H and O–H groups in total. The van der Waals surface area contributed by atoms with Gasteiger partial charge in [-0.15, -0.1) is 11.3 Å². The van der Waals surface area contributed by atoms with Gasteiger partial charge >= 0.3 is 5.97 Å². The molecule has 2 saturated heterocycles. The van der Waals surface area contributed by atoms with Crippen molar-refractivity contribution in [3.8, 4) is 34.4 Å². The van der Waals surface area contributed by atoms with Crippen molar-refractivity contribution in [3.63, 3.8) is 0 Å². The molecule has 4 aliphatic heterocycles. The van der Waals surface area contributed by atoms with Crippen LogP contribution in [0.15, 0.2) is 29.8 Å². The minimum Gasteiger partial charge on any atom is -0.464 e. The molecule has 0 radical (unpaired) electrons. The molecular formula is C49H60N8O5S. The molecule has 4 aromatic rings. The van der Waals surface area contributed by atoms with E-state index >= 15 is 0 Å². The number of pyridine rings is 1. The van der Waals surface area contributed by atoms with Gasteiger partial charge in [-0.25, -0.2) is 10.4 Å². The van der Waals surface area contributed by atoms with E-state index in [9.17, 15) is 14.4 Å². The molecule has 2 aliphatic carbocycles. The van der Waals surface area contributed by atoms with E-state index in [-0.39, 0.29) is 54.6 Å². The predicted molar refractivity (Wildman–Crippen MR) is 243 cm³/mol. The molecule has 332 valence electrons. The number of benzene rings is 1. The molecule has 63 heavy (non-hydrogen) atoms. The minimum atomic E-state index is -0.841. The van der Waals surface area contributed by atoms with Crippen LogP contribution >= 0.6 is 11.3 Å². The number of ether oxygens (including phenoxy) is 2. The number of aryl methyl sites for hydroxylation is 2. The number of nitrogens with zero attached hydrogens (tertiary/aromatic N) is 6. The van der Waals surface area contributed by atoms with Crippen LogP contribution in [0.1, 0.15) is 93.3 Å². The summed E-state index contributed by atoms with van der Waals surface area (Å²) in [4.78, 5) is 57.1. The number of hydrogen-bond acceptors (Lipinski definition) is 11. The molecule has 13 nitrogen and oxygen atoms in total. The number of likely N-dealkylation sites (N-methyl/N-ethyl adjacent to an activating group) is 1. The summed E-state index contributed by atoms with van der Waals surface area (Å²) in [6.07, 6.45) is 4.74. The molecule has 0 spiro atoms. The Morgan fingerprint density at radius 1 is 1.08 bits per heavy atom. The third-order valence-corrected chi connectivity index (χ3v) is 15.9. The number of carbonyl (C=O) groups excluding carboxylic acids is 3. The highest BCUT2D eigenvalue weighted by atomic mass is 32.1. The number of nitrogens with one attached hydrogen (secondary N) is 2. The van der Waals surface area contributed by atoms with Crippen LogP contribution in [0.3, 0.4) is 0 Å². The van der Waals surface area contributed by atoms with Crippen LogP contribution in [-0.4, -0.2) is 119 Å². The lowest BCUT2D eigenvalue weighted by molar-refractivity contribution is -0.156. The van der Waals surface area contributed by atoms with E-state index in [0.29, 0.717) is 19.4 Å². The van der Waals surface area contributed by atoms with Crippen molar-refractivity contribution in [1.29, 1.82) is 0 Å². The molecule has 8 atom stereocenters. The highest BCUT2D eigenvalue weighted by Gasteiger charge is 2.50. The molecule has 1 aromatic carbocycles. The van der Waals surface area contributed by atoms with Crippen LogP contribution in [0.4, 0.5) is 0 Å². The Bertz CT molecular complexity index is 2540. The summed E-state index contributed by atoms with van der Waals surface area (Å²) in [6, 6.07) is 5.34. The summed E-state index contributed by atoms with van der Waals surface area (Å²) in [5, 5.41) is 8.60. The molecule has 1 saturated carbocycles. The lowest BCUT2D eigenvalue weighted by atomic mass is 9.67. The Morgan fingerprint density at radius 3 is 2.63 bits per heavy atom. The van der Waals surface area contributed by atoms with Gasteiger partial charge in [-0.3, -0.25) is 29.3 Å². The lowest BCUT2D eigenvalue weighted by Gasteiger charge is -2.42. The number of amides is 2. The van der Waals surface area contributed by atoms with E-state index in [1.165, 1.54) is 33.0 Å². The standard InChI is InChI=1S/C49H60N8O5S/c1-27(55-18-16-54(6)17-19-55)12-13-30-20-34-42(50-24-30)45(61-7)41-40-33-22-32(21-31-10-8-14-56(43(31)33)44(34)40)37-25-63-38(51-37)23-36(52-46(58)39-28(2)29(39)3)47(59)57-15-9-11-35(53-57)48(60)62-26-49(41,4)5/h20-22,24-25,27-29,35-36,39,41,45,53H,8-11,14-19,23,26H2,1-7H3,(H,52,58)/t27-,28-,29+,35+,36+,39?,41?,45+/m1/s1. The summed E-state index contributed by atoms with van der Waals surface area (Å²) in [5.41, 5.74) is 12.0. The maximum atomic E-state index is 14.3. The average molecular weight is 873 g/mol. The molecule has 3 fully saturated rings. The van der Waals surface area contributed by atoms with Crippen molar-refractivity contribution in [3.05, 3.63) is 57.2 Å². The van der Waals surface area contributed by atoms with Gasteiger partial charge in [0, 0.05) is 104 Å². The van der Waals surface area contributed by atoms with Crippen molar-refractivity contribution >= 4 is 40.0 Å². The number of esters is 1. The van der Waals surface area contributed by atoms with E-state index in [1.807, 2.05) is 6.20 Å². The molecule has 6 bridgehead atoms. The SMILES string of the molecule is CO[C@@H]1c2ncc(C#C[C@@H](C)N3CCN(C)CC3)cc2-c2c3c4cc(cc5c4n2CCC5)-c2csc(n2)C[C@H](NC(=O)C2[C@@H](C)[C@H]2C)C(=O)N2CCC[C@H](N2)C(=O)OCC(C)(C)C31. The van der Waals surface area contributed by atoms with Gasteiger partial charge in [-0.1, -0.05) is 39.5 Å². The number of methoxy groups -OCH3 is 1. The zero-order chi connectivity index (χ0) is 43.9. The Morgan fingerprint density at radius 2 is 1.87 bits per heavy atom. The van der Waals surface area contributed by atoms with Gasteiger partial charge in [-0.05, 0) is 80.8 Å². The number of piperazine rings is 1. The Kier molecular flexibility index (Phi) is 11.0. The van der Waals surface area contributed by atoms with Gasteiger partial charge in [-0.2, -0.15) is 0 Å². The average Bonchev–Trinajstić information content (AvgIpc) is 3.55. The Labute approximate surface area is 374 Å². The zero-order valence-corrected chi connectivity index (χ0v) is 38.4. The summed E-state index contributed by atoms with van der Waals surface area (Å²) in [5.74, 6) is 6.41. The second kappa shape index (κ2) is 16.4. The number of aromatic nitrogens is 3. The van der Waals surface area contributed by atoms with Gasteiger partial charge in [0.05, 0.1) is 40.3 Å². The van der Waals surface area contributed by atoms with Crippen molar-refractivity contribution in [1.82, 2.24) is 40.1 Å². The Hall–Kier alpha value is -4.65. The third kappa shape index (κ3) is 7.57. The van der Waals surface area contributed by atoms with Crippen LogP contribution in [0.5, 0.6) is 0 Å². The maximum Gasteiger partial charge on any atom is 0.324 e. The zero-order valence-electron chi connectivity index (χ0n) is 37.6. The number of carbonyl (C=O) groups is 3. The fourth-order valence-corrected chi connectivity index (χ4v) is 11.9. The highest BCUT2D eigenvalue weighted by molar-refractivity contribution is 7.10. The maximum absolute atomic E-state index is 14.3. The Balaban J connectivity index is 1.10. The predicted octanol–water partition coefficient (Wildman–Crippen LogP) is 5.55. The number of rotatable bonds is 4. The second-order valence-corrected chi connectivity index (χ2v) is 20.6. The van der Waals surface area contributed by atoms with Crippen molar-refractivity contribution in [2.75, 3.05) is 53.5 Å². The first-order valence-electron chi connectivity index (χ1n) is 23.0. The summed E-state index contributed by atoms with van der Waals surface area (Å²) in [7, 11) is 3.92. The number of hydrogen-bond donors (Lipinski definition) is 2. The fraction of sp³-hybridized carbons (Fsp3) is 0.571. The largest absolute Gasteiger partial charge is 0.464 e. The van der Waals surface area contributed by atoms with Crippen LogP contribution in [0, 0.1) is 35.0 Å². The van der Waals surface area contributed by atoms with Gasteiger partial charge in [0.25, 0.3) is 5.91 Å². The molecule has 3 aromatic heterocycles. The first kappa shape index (κ1) is 42.3. The van der Waals surface area contributed by atoms with Gasteiger partial charge in [0.2, 0.25) is 5.91 Å².